The summed E-state index contributed by atoms with van der Waals surface area (Å²) in [6, 6.07) is 0.472. The monoisotopic (exact) mass is 300 g/mol. The molecule has 2 heterocycles. The van der Waals surface area contributed by atoms with E-state index in [0.717, 1.165) is 38.2 Å². The molecule has 1 saturated heterocycles. The average molecular weight is 300 g/mol. The molecule has 112 valence electrons. The Morgan fingerprint density at radius 1 is 1.20 bits per heavy atom. The molecule has 0 aromatic carbocycles. The van der Waals surface area contributed by atoms with Gasteiger partial charge in [0.05, 0.1) is 18.8 Å². The van der Waals surface area contributed by atoms with Gasteiger partial charge in [0.1, 0.15) is 0 Å². The molecule has 0 atom stereocenters. The molecule has 1 aromatic rings. The van der Waals surface area contributed by atoms with Crippen LogP contribution in [0.5, 0.6) is 0 Å². The van der Waals surface area contributed by atoms with Crippen molar-refractivity contribution in [2.45, 2.75) is 31.8 Å². The molecule has 9 heteroatoms. The van der Waals surface area contributed by atoms with Crippen LogP contribution in [0.15, 0.2) is 0 Å². The summed E-state index contributed by atoms with van der Waals surface area (Å²) >= 11 is 0. The average Bonchev–Trinajstić information content (AvgIpc) is 3.15. The van der Waals surface area contributed by atoms with E-state index in [2.05, 4.69) is 20.4 Å². The quantitative estimate of drug-likeness (QED) is 0.743. The predicted molar refractivity (Wildman–Crippen MR) is 72.4 cm³/mol. The molecule has 1 aliphatic carbocycles. The molecule has 3 rings (SSSR count). The lowest BCUT2D eigenvalue weighted by atomic mass is 10.4. The van der Waals surface area contributed by atoms with E-state index in [4.69, 9.17) is 0 Å². The number of aromatic nitrogens is 4. The molecule has 1 aromatic heterocycles. The van der Waals surface area contributed by atoms with Crippen molar-refractivity contribution >= 4 is 10.0 Å². The first kappa shape index (κ1) is 13.9. The molecule has 1 aliphatic heterocycles. The zero-order valence-corrected chi connectivity index (χ0v) is 12.5. The highest BCUT2D eigenvalue weighted by Crippen LogP contribution is 2.34. The van der Waals surface area contributed by atoms with Gasteiger partial charge in [0, 0.05) is 19.6 Å². The van der Waals surface area contributed by atoms with E-state index in [1.807, 2.05) is 4.68 Å². The smallest absolute Gasteiger partial charge is 0.211 e. The van der Waals surface area contributed by atoms with Crippen LogP contribution in [-0.4, -0.2) is 70.3 Å². The van der Waals surface area contributed by atoms with Crippen LogP contribution in [0.3, 0.4) is 0 Å². The fourth-order valence-corrected chi connectivity index (χ4v) is 3.43. The topological polar surface area (TPSA) is 84.2 Å². The second-order valence-electron chi connectivity index (χ2n) is 5.56. The van der Waals surface area contributed by atoms with Crippen molar-refractivity contribution in [2.24, 2.45) is 0 Å². The van der Waals surface area contributed by atoms with E-state index < -0.39 is 10.0 Å². The number of hydrogen-bond acceptors (Lipinski definition) is 6. The molecule has 2 aliphatic rings. The van der Waals surface area contributed by atoms with E-state index in [-0.39, 0.29) is 0 Å². The number of nitrogens with zero attached hydrogens (tertiary/aromatic N) is 6. The van der Waals surface area contributed by atoms with Gasteiger partial charge in [-0.2, -0.15) is 0 Å². The summed E-state index contributed by atoms with van der Waals surface area (Å²) < 4.78 is 26.6. The maximum Gasteiger partial charge on any atom is 0.211 e. The fourth-order valence-electron chi connectivity index (χ4n) is 2.56. The molecule has 0 amide bonds. The third-order valence-electron chi connectivity index (χ3n) is 3.84. The second kappa shape index (κ2) is 5.38. The van der Waals surface area contributed by atoms with Crippen molar-refractivity contribution in [3.8, 4) is 0 Å². The first-order valence-corrected chi connectivity index (χ1v) is 8.83. The Kier molecular flexibility index (Phi) is 3.74. The molecule has 8 nitrogen and oxygen atoms in total. The Hall–Kier alpha value is -1.06. The molecule has 0 spiro atoms. The molecule has 1 saturated carbocycles. The fraction of sp³-hybridized carbons (Fsp3) is 0.909. The zero-order chi connectivity index (χ0) is 14.2. The molecular weight excluding hydrogens is 280 g/mol. The minimum Gasteiger partial charge on any atom is -0.295 e. The van der Waals surface area contributed by atoms with Crippen molar-refractivity contribution in [1.82, 2.24) is 29.4 Å². The van der Waals surface area contributed by atoms with Crippen LogP contribution >= 0.6 is 0 Å². The van der Waals surface area contributed by atoms with Crippen molar-refractivity contribution in [3.05, 3.63) is 5.82 Å². The van der Waals surface area contributed by atoms with E-state index in [1.165, 1.54) is 6.26 Å². The Bertz CT molecular complexity index is 567. The lowest BCUT2D eigenvalue weighted by Crippen LogP contribution is -2.34. The molecule has 20 heavy (non-hydrogen) atoms. The zero-order valence-electron chi connectivity index (χ0n) is 11.6. The van der Waals surface area contributed by atoms with Gasteiger partial charge < -0.3 is 0 Å². The number of rotatable bonds is 4. The van der Waals surface area contributed by atoms with Crippen LogP contribution in [0.1, 0.15) is 31.1 Å². The summed E-state index contributed by atoms with van der Waals surface area (Å²) in [7, 11) is -3.09. The van der Waals surface area contributed by atoms with Gasteiger partial charge in [-0.3, -0.25) is 4.90 Å². The van der Waals surface area contributed by atoms with Gasteiger partial charge in [-0.15, -0.1) is 5.10 Å². The van der Waals surface area contributed by atoms with Crippen LogP contribution < -0.4 is 0 Å². The van der Waals surface area contributed by atoms with E-state index in [1.54, 1.807) is 4.31 Å². The van der Waals surface area contributed by atoms with Gasteiger partial charge in [-0.1, -0.05) is 0 Å². The summed E-state index contributed by atoms with van der Waals surface area (Å²) in [5, 5.41) is 11.9. The summed E-state index contributed by atoms with van der Waals surface area (Å²) in [5.74, 6) is 0.889. The van der Waals surface area contributed by atoms with Crippen LogP contribution in [0.25, 0.3) is 0 Å². The number of hydrogen-bond donors (Lipinski definition) is 0. The first-order valence-electron chi connectivity index (χ1n) is 6.98. The van der Waals surface area contributed by atoms with Crippen LogP contribution in [0.2, 0.25) is 0 Å². The predicted octanol–water partition coefficient (Wildman–Crippen LogP) is -0.525. The standard InChI is InChI=1S/C11H20N6O2S/c1-20(18,19)16-6-2-5-15(7-8-16)9-11-12-13-14-17(11)10-3-4-10/h10H,2-9H2,1H3. The lowest BCUT2D eigenvalue weighted by Gasteiger charge is -2.20. The maximum atomic E-state index is 11.6. The summed E-state index contributed by atoms with van der Waals surface area (Å²) in [6.07, 6.45) is 4.42. The van der Waals surface area contributed by atoms with E-state index in [0.29, 0.717) is 25.7 Å². The van der Waals surface area contributed by atoms with Crippen LogP contribution in [0.4, 0.5) is 0 Å². The van der Waals surface area contributed by atoms with Gasteiger partial charge in [-0.05, 0) is 36.2 Å². The third-order valence-corrected chi connectivity index (χ3v) is 5.14. The molecule has 0 unspecified atom stereocenters. The minimum absolute atomic E-state index is 0.472. The third kappa shape index (κ3) is 3.15. The van der Waals surface area contributed by atoms with Crippen LogP contribution in [-0.2, 0) is 16.6 Å². The van der Waals surface area contributed by atoms with Crippen molar-refractivity contribution in [2.75, 3.05) is 32.4 Å². The molecular formula is C11H20N6O2S. The maximum absolute atomic E-state index is 11.6. The Labute approximate surface area is 118 Å². The minimum atomic E-state index is -3.09. The largest absolute Gasteiger partial charge is 0.295 e. The highest BCUT2D eigenvalue weighted by Gasteiger charge is 2.29. The first-order chi connectivity index (χ1) is 9.54. The van der Waals surface area contributed by atoms with Gasteiger partial charge in [0.25, 0.3) is 0 Å². The van der Waals surface area contributed by atoms with Gasteiger partial charge in [0.15, 0.2) is 5.82 Å². The summed E-state index contributed by atoms with van der Waals surface area (Å²) in [4.78, 5) is 2.23. The van der Waals surface area contributed by atoms with Gasteiger partial charge in [0.2, 0.25) is 10.0 Å². The Balaban J connectivity index is 1.62. The molecule has 2 fully saturated rings. The van der Waals surface area contributed by atoms with Gasteiger partial charge in [-0.25, -0.2) is 17.4 Å². The van der Waals surface area contributed by atoms with E-state index >= 15 is 0 Å². The Morgan fingerprint density at radius 2 is 2.00 bits per heavy atom. The highest BCUT2D eigenvalue weighted by atomic mass is 32.2. The molecule has 0 radical (unpaired) electrons. The molecule has 0 N–H and O–H groups in total. The number of tetrazole rings is 1. The van der Waals surface area contributed by atoms with E-state index in [9.17, 15) is 8.42 Å². The van der Waals surface area contributed by atoms with Crippen molar-refractivity contribution in [3.63, 3.8) is 0 Å². The van der Waals surface area contributed by atoms with Crippen molar-refractivity contribution < 1.29 is 8.42 Å². The lowest BCUT2D eigenvalue weighted by molar-refractivity contribution is 0.266. The van der Waals surface area contributed by atoms with Crippen molar-refractivity contribution in [1.29, 1.82) is 0 Å². The SMILES string of the molecule is CS(=O)(=O)N1CCCN(Cc2nnnn2C2CC2)CC1. The Morgan fingerprint density at radius 3 is 2.70 bits per heavy atom. The highest BCUT2D eigenvalue weighted by molar-refractivity contribution is 7.88. The summed E-state index contributed by atoms with van der Waals surface area (Å²) in [6.45, 7) is 3.45. The van der Waals surface area contributed by atoms with Crippen LogP contribution in [0, 0.1) is 0 Å². The van der Waals surface area contributed by atoms with Gasteiger partial charge >= 0.3 is 0 Å². The summed E-state index contributed by atoms with van der Waals surface area (Å²) in [5.41, 5.74) is 0. The number of sulfonamides is 1. The normalized spacial score (nSPS) is 22.9. The second-order valence-corrected chi connectivity index (χ2v) is 7.55. The molecule has 0 bridgehead atoms.